The Bertz CT molecular complexity index is 599. The highest BCUT2D eigenvalue weighted by molar-refractivity contribution is 9.11. The molecule has 0 saturated carbocycles. The lowest BCUT2D eigenvalue weighted by molar-refractivity contribution is 0.297. The van der Waals surface area contributed by atoms with E-state index in [1.54, 1.807) is 12.1 Å². The van der Waals surface area contributed by atoms with Crippen molar-refractivity contribution in [2.75, 3.05) is 0 Å². The molecule has 1 aromatic heterocycles. The van der Waals surface area contributed by atoms with Crippen molar-refractivity contribution in [1.29, 1.82) is 0 Å². The fourth-order valence-electron chi connectivity index (χ4n) is 1.37. The van der Waals surface area contributed by atoms with Crippen LogP contribution in [0.5, 0.6) is 5.75 Å². The van der Waals surface area contributed by atoms with Crippen LogP contribution in [0.1, 0.15) is 5.69 Å². The molecule has 2 nitrogen and oxygen atoms in total. The van der Waals surface area contributed by atoms with Gasteiger partial charge in [-0.1, -0.05) is 39.1 Å². The number of pyridine rings is 1. The minimum atomic E-state index is 0.234. The molecule has 0 fully saturated rings. The monoisotopic (exact) mass is 487 g/mol. The van der Waals surface area contributed by atoms with E-state index in [1.807, 2.05) is 12.1 Å². The summed E-state index contributed by atoms with van der Waals surface area (Å²) >= 11 is 22.1. The van der Waals surface area contributed by atoms with Crippen LogP contribution in [-0.2, 0) is 6.61 Å². The van der Waals surface area contributed by atoms with Gasteiger partial charge in [-0.3, -0.25) is 0 Å². The second-order valence-electron chi connectivity index (χ2n) is 3.55. The minimum Gasteiger partial charge on any atom is -0.485 e. The Balaban J connectivity index is 2.21. The molecule has 0 aliphatic carbocycles. The molecule has 0 aliphatic rings. The van der Waals surface area contributed by atoms with Crippen molar-refractivity contribution in [1.82, 2.24) is 4.98 Å². The summed E-state index contributed by atoms with van der Waals surface area (Å²) in [5.74, 6) is 0.682. The van der Waals surface area contributed by atoms with Gasteiger partial charge in [-0.2, -0.15) is 0 Å². The Morgan fingerprint density at radius 2 is 1.68 bits per heavy atom. The second kappa shape index (κ2) is 6.76. The largest absolute Gasteiger partial charge is 0.485 e. The molecule has 2 aromatic rings. The van der Waals surface area contributed by atoms with Crippen molar-refractivity contribution < 1.29 is 4.74 Å². The molecule has 19 heavy (non-hydrogen) atoms. The van der Waals surface area contributed by atoms with Gasteiger partial charge in [-0.15, -0.1) is 0 Å². The van der Waals surface area contributed by atoms with Gasteiger partial charge in [0.1, 0.15) is 17.5 Å². The number of hydrogen-bond acceptors (Lipinski definition) is 2. The Kier molecular flexibility index (Phi) is 5.55. The summed E-state index contributed by atoms with van der Waals surface area (Å²) in [6.45, 7) is 0.234. The molecular formula is C12H6Br3Cl2NO. The third kappa shape index (κ3) is 4.08. The molecule has 100 valence electrons. The summed E-state index contributed by atoms with van der Waals surface area (Å²) in [4.78, 5) is 4.13. The van der Waals surface area contributed by atoms with Crippen LogP contribution in [0, 0.1) is 0 Å². The van der Waals surface area contributed by atoms with Crippen molar-refractivity contribution in [3.05, 3.63) is 53.6 Å². The molecule has 0 N–H and O–H groups in total. The quantitative estimate of drug-likeness (QED) is 0.474. The molecule has 0 aliphatic heterocycles. The molecule has 1 heterocycles. The molecule has 0 amide bonds. The van der Waals surface area contributed by atoms with E-state index in [-0.39, 0.29) is 6.61 Å². The average molecular weight is 491 g/mol. The standard InChI is InChI=1S/C12H6Br3Cl2NO/c13-6-3-7(14)12(8(15)4-6)19-5-10-9(16)1-2-11(17)18-10/h1-4H,5H2. The smallest absolute Gasteiger partial charge is 0.148 e. The normalized spacial score (nSPS) is 10.6. The van der Waals surface area contributed by atoms with Crippen molar-refractivity contribution >= 4 is 71.0 Å². The van der Waals surface area contributed by atoms with Crippen molar-refractivity contribution in [2.24, 2.45) is 0 Å². The lowest BCUT2D eigenvalue weighted by atomic mass is 10.3. The van der Waals surface area contributed by atoms with E-state index in [1.165, 1.54) is 0 Å². The lowest BCUT2D eigenvalue weighted by Gasteiger charge is -2.11. The summed E-state index contributed by atoms with van der Waals surface area (Å²) in [7, 11) is 0. The molecule has 0 radical (unpaired) electrons. The highest BCUT2D eigenvalue weighted by atomic mass is 79.9. The summed E-state index contributed by atoms with van der Waals surface area (Å²) < 4.78 is 8.32. The fraction of sp³-hybridized carbons (Fsp3) is 0.0833. The zero-order valence-electron chi connectivity index (χ0n) is 9.26. The van der Waals surface area contributed by atoms with Crippen LogP contribution in [0.25, 0.3) is 0 Å². The van der Waals surface area contributed by atoms with Gasteiger partial charge in [-0.05, 0) is 56.1 Å². The molecule has 7 heteroatoms. The van der Waals surface area contributed by atoms with E-state index in [0.29, 0.717) is 21.6 Å². The predicted octanol–water partition coefficient (Wildman–Crippen LogP) is 6.25. The maximum absolute atomic E-state index is 6.04. The number of hydrogen-bond donors (Lipinski definition) is 0. The molecule has 0 unspecified atom stereocenters. The maximum Gasteiger partial charge on any atom is 0.148 e. The first-order valence-corrected chi connectivity index (χ1v) is 8.19. The van der Waals surface area contributed by atoms with Gasteiger partial charge in [0.15, 0.2) is 0 Å². The summed E-state index contributed by atoms with van der Waals surface area (Å²) in [6, 6.07) is 7.13. The van der Waals surface area contributed by atoms with E-state index in [9.17, 15) is 0 Å². The lowest BCUT2D eigenvalue weighted by Crippen LogP contribution is -2.00. The molecule has 0 spiro atoms. The SMILES string of the molecule is Clc1ccc(Cl)c(COc2c(Br)cc(Br)cc2Br)n1. The van der Waals surface area contributed by atoms with Gasteiger partial charge in [0.25, 0.3) is 0 Å². The number of nitrogens with zero attached hydrogens (tertiary/aromatic N) is 1. The third-order valence-electron chi connectivity index (χ3n) is 2.20. The fourth-order valence-corrected chi connectivity index (χ4v) is 4.18. The summed E-state index contributed by atoms with van der Waals surface area (Å²) in [5.41, 5.74) is 0.593. The van der Waals surface area contributed by atoms with Gasteiger partial charge in [0, 0.05) is 4.47 Å². The van der Waals surface area contributed by atoms with Crippen LogP contribution in [-0.4, -0.2) is 4.98 Å². The Labute approximate surface area is 145 Å². The van der Waals surface area contributed by atoms with Gasteiger partial charge in [0.05, 0.1) is 19.7 Å². The van der Waals surface area contributed by atoms with Crippen molar-refractivity contribution in [2.45, 2.75) is 6.61 Å². The van der Waals surface area contributed by atoms with E-state index in [4.69, 9.17) is 27.9 Å². The van der Waals surface area contributed by atoms with Crippen LogP contribution >= 0.6 is 71.0 Å². The van der Waals surface area contributed by atoms with Crippen LogP contribution in [0.4, 0.5) is 0 Å². The van der Waals surface area contributed by atoms with E-state index < -0.39 is 0 Å². The van der Waals surface area contributed by atoms with E-state index in [2.05, 4.69) is 52.8 Å². The minimum absolute atomic E-state index is 0.234. The van der Waals surface area contributed by atoms with Crippen molar-refractivity contribution in [3.63, 3.8) is 0 Å². The van der Waals surface area contributed by atoms with Gasteiger partial charge < -0.3 is 4.74 Å². The summed E-state index contributed by atoms with van der Waals surface area (Å²) in [6.07, 6.45) is 0. The highest BCUT2D eigenvalue weighted by Gasteiger charge is 2.10. The Morgan fingerprint density at radius 3 is 2.32 bits per heavy atom. The number of benzene rings is 1. The zero-order valence-corrected chi connectivity index (χ0v) is 15.5. The van der Waals surface area contributed by atoms with Gasteiger partial charge in [-0.25, -0.2) is 4.98 Å². The molecule has 2 rings (SSSR count). The molecule has 0 saturated heterocycles. The maximum atomic E-state index is 6.04. The first-order chi connectivity index (χ1) is 8.97. The van der Waals surface area contributed by atoms with E-state index >= 15 is 0 Å². The van der Waals surface area contributed by atoms with Gasteiger partial charge in [0.2, 0.25) is 0 Å². The van der Waals surface area contributed by atoms with Crippen LogP contribution < -0.4 is 4.74 Å². The van der Waals surface area contributed by atoms with Crippen LogP contribution in [0.2, 0.25) is 10.2 Å². The first-order valence-electron chi connectivity index (χ1n) is 5.05. The number of aromatic nitrogens is 1. The Hall–Kier alpha value is 0.190. The van der Waals surface area contributed by atoms with Gasteiger partial charge >= 0.3 is 0 Å². The molecule has 0 atom stereocenters. The molecular weight excluding hydrogens is 485 g/mol. The van der Waals surface area contributed by atoms with Crippen molar-refractivity contribution in [3.8, 4) is 5.75 Å². The first kappa shape index (κ1) is 15.6. The molecule has 0 bridgehead atoms. The predicted molar refractivity (Wildman–Crippen MR) is 88.1 cm³/mol. The number of ether oxygens (including phenoxy) is 1. The summed E-state index contributed by atoms with van der Waals surface area (Å²) in [5, 5.41) is 0.908. The van der Waals surface area contributed by atoms with Crippen LogP contribution in [0.3, 0.4) is 0 Å². The topological polar surface area (TPSA) is 22.1 Å². The van der Waals surface area contributed by atoms with Crippen LogP contribution in [0.15, 0.2) is 37.7 Å². The molecule has 1 aromatic carbocycles. The van der Waals surface area contributed by atoms with E-state index in [0.717, 1.165) is 13.4 Å². The number of rotatable bonds is 3. The third-order valence-corrected chi connectivity index (χ3v) is 4.39. The average Bonchev–Trinajstić information content (AvgIpc) is 2.32. The highest BCUT2D eigenvalue weighted by Crippen LogP contribution is 2.37. The Morgan fingerprint density at radius 1 is 1.05 bits per heavy atom. The number of halogens is 5. The second-order valence-corrected chi connectivity index (χ2v) is 6.97. The zero-order chi connectivity index (χ0) is 14.0.